The molecule has 0 unspecified atom stereocenters. The van der Waals surface area contributed by atoms with Crippen LogP contribution in [0.4, 0.5) is 4.79 Å². The minimum Gasteiger partial charge on any atom is -0.444 e. The Balaban J connectivity index is 2.32. The van der Waals surface area contributed by atoms with E-state index in [9.17, 15) is 15.0 Å². The van der Waals surface area contributed by atoms with E-state index in [0.29, 0.717) is 5.69 Å². The van der Waals surface area contributed by atoms with Crippen LogP contribution in [0.5, 0.6) is 0 Å². The molecular weight excluding hydrogens is 408 g/mol. The lowest BCUT2D eigenvalue weighted by Crippen LogP contribution is -2.56. The van der Waals surface area contributed by atoms with E-state index < -0.39 is 30.4 Å². The Morgan fingerprint density at radius 1 is 0.969 bits per heavy atom. The molecule has 1 aromatic heterocycles. The maximum absolute atomic E-state index is 12.1. The number of ether oxygens (including phenoxy) is 1. The Kier molecular flexibility index (Phi) is 13.5. The number of aliphatic hydroxyl groups excluding tert-OH is 2. The van der Waals surface area contributed by atoms with Crippen molar-refractivity contribution in [1.29, 1.82) is 0 Å². The molecule has 0 aliphatic rings. The van der Waals surface area contributed by atoms with E-state index in [0.717, 1.165) is 13.0 Å². The average Bonchev–Trinajstić information content (AvgIpc) is 3.17. The van der Waals surface area contributed by atoms with E-state index in [1.807, 2.05) is 6.20 Å². The number of aromatic nitrogens is 3. The second-order valence-electron chi connectivity index (χ2n) is 9.91. The maximum atomic E-state index is 12.1. The van der Waals surface area contributed by atoms with Crippen LogP contribution in [0.3, 0.4) is 0 Å². The van der Waals surface area contributed by atoms with Gasteiger partial charge >= 0.3 is 6.09 Å². The van der Waals surface area contributed by atoms with E-state index in [1.165, 1.54) is 64.2 Å². The van der Waals surface area contributed by atoms with E-state index in [-0.39, 0.29) is 6.42 Å². The average molecular weight is 455 g/mol. The number of carbonyl (C=O) groups is 1. The number of hydrogen-bond donors (Lipinski definition) is 3. The Hall–Kier alpha value is -1.67. The zero-order valence-electron chi connectivity index (χ0n) is 20.7. The van der Waals surface area contributed by atoms with Crippen LogP contribution in [0.25, 0.3) is 0 Å². The minimum absolute atomic E-state index is 0.164. The first-order chi connectivity index (χ1) is 15.2. The monoisotopic (exact) mass is 454 g/mol. The molecule has 1 rings (SSSR count). The smallest absolute Gasteiger partial charge is 0.408 e. The summed E-state index contributed by atoms with van der Waals surface area (Å²) in [5.41, 5.74) is -1.31. The van der Waals surface area contributed by atoms with Crippen molar-refractivity contribution in [3.05, 3.63) is 11.9 Å². The zero-order valence-corrected chi connectivity index (χ0v) is 20.7. The molecule has 3 N–H and O–H groups in total. The van der Waals surface area contributed by atoms with Crippen molar-refractivity contribution in [2.24, 2.45) is 0 Å². The normalized spacial score (nSPS) is 12.2. The Bertz CT molecular complexity index is 624. The molecule has 1 aromatic rings. The van der Waals surface area contributed by atoms with Gasteiger partial charge in [0.05, 0.1) is 24.4 Å². The van der Waals surface area contributed by atoms with Crippen LogP contribution >= 0.6 is 0 Å². The van der Waals surface area contributed by atoms with Crippen molar-refractivity contribution >= 4 is 6.09 Å². The number of rotatable bonds is 17. The molecule has 0 bridgehead atoms. The van der Waals surface area contributed by atoms with E-state index >= 15 is 0 Å². The molecule has 1 amide bonds. The number of nitrogens with zero attached hydrogens (tertiary/aromatic N) is 3. The summed E-state index contributed by atoms with van der Waals surface area (Å²) >= 11 is 0. The van der Waals surface area contributed by atoms with Gasteiger partial charge in [-0.15, -0.1) is 5.10 Å². The molecule has 1 heterocycles. The number of hydrogen-bond acceptors (Lipinski definition) is 6. The third kappa shape index (κ3) is 12.4. The second-order valence-corrected chi connectivity index (χ2v) is 9.91. The van der Waals surface area contributed by atoms with Crippen molar-refractivity contribution < 1.29 is 19.7 Å². The van der Waals surface area contributed by atoms with Crippen LogP contribution < -0.4 is 5.32 Å². The van der Waals surface area contributed by atoms with E-state index in [2.05, 4.69) is 22.6 Å². The molecule has 0 aromatic carbocycles. The van der Waals surface area contributed by atoms with Crippen LogP contribution in [0.2, 0.25) is 0 Å². The van der Waals surface area contributed by atoms with Crippen molar-refractivity contribution in [1.82, 2.24) is 20.3 Å². The summed E-state index contributed by atoms with van der Waals surface area (Å²) in [6, 6.07) is 0. The molecule has 0 radical (unpaired) electrons. The van der Waals surface area contributed by atoms with E-state index in [1.54, 1.807) is 25.5 Å². The Morgan fingerprint density at radius 2 is 1.50 bits per heavy atom. The lowest BCUT2D eigenvalue weighted by molar-refractivity contribution is 0.0293. The lowest BCUT2D eigenvalue weighted by Gasteiger charge is -2.31. The van der Waals surface area contributed by atoms with Crippen LogP contribution in [0.1, 0.15) is 104 Å². The predicted molar refractivity (Wildman–Crippen MR) is 126 cm³/mol. The maximum Gasteiger partial charge on any atom is 0.408 e. The fourth-order valence-corrected chi connectivity index (χ4v) is 3.62. The quantitative estimate of drug-likeness (QED) is 0.301. The van der Waals surface area contributed by atoms with Gasteiger partial charge < -0.3 is 20.3 Å². The first-order valence-corrected chi connectivity index (χ1v) is 12.4. The molecule has 8 heteroatoms. The molecule has 186 valence electrons. The van der Waals surface area contributed by atoms with E-state index in [4.69, 9.17) is 4.74 Å². The summed E-state index contributed by atoms with van der Waals surface area (Å²) in [5, 5.41) is 30.5. The number of aryl methyl sites for hydroxylation is 1. The molecule has 0 aliphatic heterocycles. The molecular formula is C24H46N4O4. The van der Waals surface area contributed by atoms with Gasteiger partial charge in [0.2, 0.25) is 0 Å². The SMILES string of the molecule is CCCCCCCCCCCCCn1cc(CC(CO)(CO)NC(=O)OC(C)(C)C)nn1. The Labute approximate surface area is 194 Å². The van der Waals surface area contributed by atoms with Crippen molar-refractivity contribution in [3.63, 3.8) is 0 Å². The molecule has 0 saturated heterocycles. The van der Waals surface area contributed by atoms with Gasteiger partial charge in [0.25, 0.3) is 0 Å². The fourth-order valence-electron chi connectivity index (χ4n) is 3.62. The zero-order chi connectivity index (χ0) is 23.9. The first kappa shape index (κ1) is 28.4. The van der Waals surface area contributed by atoms with Gasteiger partial charge in [-0.1, -0.05) is 76.3 Å². The summed E-state index contributed by atoms with van der Waals surface area (Å²) in [4.78, 5) is 12.1. The topological polar surface area (TPSA) is 110 Å². The highest BCUT2D eigenvalue weighted by atomic mass is 16.6. The standard InChI is InChI=1S/C24H46N4O4/c1-5-6-7-8-9-10-11-12-13-14-15-16-28-18-21(26-27-28)17-24(19-29,20-30)25-22(31)32-23(2,3)4/h18,29-30H,5-17,19-20H2,1-4H3,(H,25,31). The number of amides is 1. The molecule has 0 fully saturated rings. The largest absolute Gasteiger partial charge is 0.444 e. The highest BCUT2D eigenvalue weighted by Crippen LogP contribution is 2.15. The third-order valence-corrected chi connectivity index (χ3v) is 5.47. The van der Waals surface area contributed by atoms with Crippen LogP contribution in [-0.2, 0) is 17.7 Å². The van der Waals surface area contributed by atoms with Crippen molar-refractivity contribution in [3.8, 4) is 0 Å². The van der Waals surface area contributed by atoms with Crippen molar-refractivity contribution in [2.75, 3.05) is 13.2 Å². The molecule has 8 nitrogen and oxygen atoms in total. The molecule has 32 heavy (non-hydrogen) atoms. The number of carbonyl (C=O) groups excluding carboxylic acids is 1. The van der Waals surface area contributed by atoms with Crippen molar-refractivity contribution in [2.45, 2.75) is 122 Å². The Morgan fingerprint density at radius 3 is 2.00 bits per heavy atom. The first-order valence-electron chi connectivity index (χ1n) is 12.4. The van der Waals surface area contributed by atoms with Gasteiger partial charge in [0.15, 0.2) is 0 Å². The molecule has 0 atom stereocenters. The summed E-state index contributed by atoms with van der Waals surface area (Å²) in [5.74, 6) is 0. The van der Waals surface area contributed by atoms with Gasteiger partial charge in [-0.25, -0.2) is 4.79 Å². The molecule has 0 spiro atoms. The van der Waals surface area contributed by atoms with Gasteiger partial charge in [-0.05, 0) is 27.2 Å². The summed E-state index contributed by atoms with van der Waals surface area (Å²) in [6.45, 7) is 7.43. The molecule has 0 saturated carbocycles. The highest BCUT2D eigenvalue weighted by molar-refractivity contribution is 5.69. The summed E-state index contributed by atoms with van der Waals surface area (Å²) < 4.78 is 7.04. The lowest BCUT2D eigenvalue weighted by atomic mass is 9.96. The summed E-state index contributed by atoms with van der Waals surface area (Å²) in [6.07, 6.45) is 15.5. The summed E-state index contributed by atoms with van der Waals surface area (Å²) in [7, 11) is 0. The highest BCUT2D eigenvalue weighted by Gasteiger charge is 2.34. The van der Waals surface area contributed by atoms with Gasteiger partial charge in [-0.2, -0.15) is 0 Å². The van der Waals surface area contributed by atoms with Crippen LogP contribution in [0, 0.1) is 0 Å². The second kappa shape index (κ2) is 15.2. The number of unbranched alkanes of at least 4 members (excludes halogenated alkanes) is 10. The predicted octanol–water partition coefficient (Wildman–Crippen LogP) is 4.38. The van der Waals surface area contributed by atoms with Gasteiger partial charge in [-0.3, -0.25) is 4.68 Å². The molecule has 0 aliphatic carbocycles. The van der Waals surface area contributed by atoms with Gasteiger partial charge in [0, 0.05) is 19.2 Å². The minimum atomic E-state index is -1.25. The van der Waals surface area contributed by atoms with Crippen LogP contribution in [-0.4, -0.2) is 55.7 Å². The number of alkyl carbamates (subject to hydrolysis) is 1. The van der Waals surface area contributed by atoms with Crippen LogP contribution in [0.15, 0.2) is 6.20 Å². The number of nitrogens with one attached hydrogen (secondary N) is 1. The van der Waals surface area contributed by atoms with Gasteiger partial charge in [0.1, 0.15) is 5.60 Å². The third-order valence-electron chi connectivity index (χ3n) is 5.47. The fraction of sp³-hybridized carbons (Fsp3) is 0.875. The number of aliphatic hydroxyl groups is 2.